The topological polar surface area (TPSA) is 55.4 Å². The van der Waals surface area contributed by atoms with Crippen LogP contribution >= 0.6 is 34.2 Å². The number of amides is 1. The average Bonchev–Trinajstić information content (AvgIpc) is 2.73. The van der Waals surface area contributed by atoms with Gasteiger partial charge in [0.15, 0.2) is 0 Å². The maximum absolute atomic E-state index is 13.4. The number of hydrogen-bond acceptors (Lipinski definition) is 3. The molecular weight excluding hydrogens is 546 g/mol. The summed E-state index contributed by atoms with van der Waals surface area (Å²) in [5.41, 5.74) is -1.06. The van der Waals surface area contributed by atoms with Crippen LogP contribution in [0.4, 0.5) is 18.9 Å². The van der Waals surface area contributed by atoms with Crippen molar-refractivity contribution in [3.05, 3.63) is 98.1 Å². The Morgan fingerprint density at radius 2 is 1.61 bits per heavy atom. The van der Waals surface area contributed by atoms with E-state index < -0.39 is 35.4 Å². The molecule has 0 bridgehead atoms. The van der Waals surface area contributed by atoms with Crippen molar-refractivity contribution in [2.75, 3.05) is 5.32 Å². The van der Waals surface area contributed by atoms with Crippen LogP contribution in [-0.2, 0) is 15.7 Å². The van der Waals surface area contributed by atoms with E-state index >= 15 is 0 Å². The van der Waals surface area contributed by atoms with Crippen LogP contribution in [0, 0.1) is 3.57 Å². The number of carbonyl (C=O) groups excluding carboxylic acids is 2. The molecule has 9 heteroatoms. The Morgan fingerprint density at radius 1 is 0.968 bits per heavy atom. The van der Waals surface area contributed by atoms with Crippen LogP contribution in [0.5, 0.6) is 0 Å². The lowest BCUT2D eigenvalue weighted by atomic mass is 10.1. The number of esters is 1. The van der Waals surface area contributed by atoms with Gasteiger partial charge in [0.25, 0.3) is 5.91 Å². The Hall–Kier alpha value is -2.59. The van der Waals surface area contributed by atoms with Gasteiger partial charge >= 0.3 is 12.1 Å². The second kappa shape index (κ2) is 9.69. The van der Waals surface area contributed by atoms with Crippen molar-refractivity contribution < 1.29 is 27.5 Å². The fraction of sp³-hybridized carbons (Fsp3) is 0.0909. The van der Waals surface area contributed by atoms with Crippen molar-refractivity contribution in [1.82, 2.24) is 0 Å². The van der Waals surface area contributed by atoms with Gasteiger partial charge in [-0.3, -0.25) is 4.79 Å². The van der Waals surface area contributed by atoms with Gasteiger partial charge in [0, 0.05) is 14.2 Å². The number of ether oxygens (including phenoxy) is 1. The molecule has 0 radical (unpaired) electrons. The molecule has 3 aromatic rings. The van der Waals surface area contributed by atoms with Gasteiger partial charge in [0.1, 0.15) is 0 Å². The van der Waals surface area contributed by atoms with Crippen LogP contribution < -0.4 is 5.32 Å². The third-order valence-corrected chi connectivity index (χ3v) is 5.38. The number of alkyl halides is 3. The summed E-state index contributed by atoms with van der Waals surface area (Å²) >= 11 is 7.64. The van der Waals surface area contributed by atoms with E-state index in [0.717, 1.165) is 6.07 Å². The van der Waals surface area contributed by atoms with Crippen molar-refractivity contribution in [3.8, 4) is 0 Å². The molecule has 1 amide bonds. The SMILES string of the molecule is O=C(O[C@@H](C(=O)Nc1ccc(Cl)cc1C(F)(F)F)c1ccccc1)c1ccccc1I. The van der Waals surface area contributed by atoms with Crippen molar-refractivity contribution in [2.24, 2.45) is 0 Å². The van der Waals surface area contributed by atoms with E-state index in [0.29, 0.717) is 15.2 Å². The molecule has 0 saturated carbocycles. The lowest BCUT2D eigenvalue weighted by molar-refractivity contribution is -0.137. The highest BCUT2D eigenvalue weighted by atomic mass is 127. The van der Waals surface area contributed by atoms with Gasteiger partial charge in [0.05, 0.1) is 16.8 Å². The Balaban J connectivity index is 1.93. The van der Waals surface area contributed by atoms with Crippen LogP contribution in [0.15, 0.2) is 72.8 Å². The van der Waals surface area contributed by atoms with Crippen molar-refractivity contribution in [1.29, 1.82) is 0 Å². The standard InChI is InChI=1S/C22H14ClF3INO3/c23-14-10-11-18(16(12-14)22(24,25)26)28-20(29)19(13-6-2-1-3-7-13)31-21(30)15-8-4-5-9-17(15)27/h1-12,19H,(H,28,29)/t19-/m1/s1. The van der Waals surface area contributed by atoms with Crippen LogP contribution in [-0.4, -0.2) is 11.9 Å². The minimum atomic E-state index is -4.74. The van der Waals surface area contributed by atoms with Crippen LogP contribution in [0.1, 0.15) is 27.6 Å². The predicted molar refractivity (Wildman–Crippen MR) is 119 cm³/mol. The lowest BCUT2D eigenvalue weighted by Gasteiger charge is -2.20. The Morgan fingerprint density at radius 3 is 2.26 bits per heavy atom. The largest absolute Gasteiger partial charge is 0.444 e. The van der Waals surface area contributed by atoms with E-state index in [1.165, 1.54) is 12.1 Å². The summed E-state index contributed by atoms with van der Waals surface area (Å²) in [5.74, 6) is -1.71. The monoisotopic (exact) mass is 559 g/mol. The summed E-state index contributed by atoms with van der Waals surface area (Å²) in [6, 6.07) is 17.6. The Kier molecular flexibility index (Phi) is 7.22. The minimum Gasteiger partial charge on any atom is -0.444 e. The third-order valence-electron chi connectivity index (χ3n) is 4.20. The molecule has 0 spiro atoms. The third kappa shape index (κ3) is 5.76. The summed E-state index contributed by atoms with van der Waals surface area (Å²) < 4.78 is 46.2. The highest BCUT2D eigenvalue weighted by Gasteiger charge is 2.35. The van der Waals surface area contributed by atoms with E-state index in [4.69, 9.17) is 16.3 Å². The maximum Gasteiger partial charge on any atom is 0.418 e. The number of carbonyl (C=O) groups is 2. The second-order valence-corrected chi connectivity index (χ2v) is 7.95. The van der Waals surface area contributed by atoms with Crippen molar-refractivity contribution in [3.63, 3.8) is 0 Å². The molecule has 0 aliphatic carbocycles. The zero-order chi connectivity index (χ0) is 22.6. The number of halogens is 5. The first-order valence-electron chi connectivity index (χ1n) is 8.85. The van der Waals surface area contributed by atoms with Gasteiger partial charge in [-0.15, -0.1) is 0 Å². The predicted octanol–water partition coefficient (Wildman–Crippen LogP) is 6.50. The molecule has 0 unspecified atom stereocenters. The first-order valence-corrected chi connectivity index (χ1v) is 10.3. The van der Waals surface area contributed by atoms with E-state index in [9.17, 15) is 22.8 Å². The van der Waals surface area contributed by atoms with E-state index in [1.54, 1.807) is 48.5 Å². The zero-order valence-corrected chi connectivity index (χ0v) is 18.5. The van der Waals surface area contributed by atoms with Gasteiger partial charge in [0.2, 0.25) is 6.10 Å². The molecule has 0 saturated heterocycles. The second-order valence-electron chi connectivity index (χ2n) is 6.35. The first-order chi connectivity index (χ1) is 14.7. The smallest absolute Gasteiger partial charge is 0.418 e. The average molecular weight is 560 g/mol. The molecule has 160 valence electrons. The van der Waals surface area contributed by atoms with Gasteiger partial charge in [-0.2, -0.15) is 13.2 Å². The van der Waals surface area contributed by atoms with Crippen molar-refractivity contribution in [2.45, 2.75) is 12.3 Å². The van der Waals surface area contributed by atoms with Gasteiger partial charge in [-0.25, -0.2) is 4.79 Å². The number of hydrogen-bond donors (Lipinski definition) is 1. The maximum atomic E-state index is 13.4. The number of rotatable bonds is 5. The highest BCUT2D eigenvalue weighted by Crippen LogP contribution is 2.37. The van der Waals surface area contributed by atoms with Crippen molar-refractivity contribution >= 4 is 51.8 Å². The van der Waals surface area contributed by atoms with Crippen LogP contribution in [0.3, 0.4) is 0 Å². The fourth-order valence-electron chi connectivity index (χ4n) is 2.76. The molecule has 0 aliphatic rings. The van der Waals surface area contributed by atoms with Crippen LogP contribution in [0.2, 0.25) is 5.02 Å². The Bertz CT molecular complexity index is 1110. The molecule has 0 aromatic heterocycles. The normalized spacial score (nSPS) is 12.2. The van der Waals surface area contributed by atoms with E-state index in [1.807, 2.05) is 22.6 Å². The quantitative estimate of drug-likeness (QED) is 0.287. The minimum absolute atomic E-state index is 0.130. The molecule has 1 atom stereocenters. The van der Waals surface area contributed by atoms with E-state index in [-0.39, 0.29) is 10.6 Å². The summed E-state index contributed by atoms with van der Waals surface area (Å²) in [7, 11) is 0. The van der Waals surface area contributed by atoms with Gasteiger partial charge in [-0.1, -0.05) is 54.1 Å². The molecule has 4 nitrogen and oxygen atoms in total. The summed E-state index contributed by atoms with van der Waals surface area (Å²) in [6.45, 7) is 0. The fourth-order valence-corrected chi connectivity index (χ4v) is 3.54. The number of nitrogens with one attached hydrogen (secondary N) is 1. The Labute approximate surface area is 194 Å². The van der Waals surface area contributed by atoms with E-state index in [2.05, 4.69) is 5.32 Å². The lowest BCUT2D eigenvalue weighted by Crippen LogP contribution is -2.27. The molecule has 1 N–H and O–H groups in total. The molecule has 31 heavy (non-hydrogen) atoms. The molecule has 0 fully saturated rings. The molecule has 0 heterocycles. The summed E-state index contributed by atoms with van der Waals surface area (Å²) in [4.78, 5) is 25.6. The zero-order valence-electron chi connectivity index (χ0n) is 15.6. The molecule has 3 rings (SSSR count). The van der Waals surface area contributed by atoms with Gasteiger partial charge < -0.3 is 10.1 Å². The molecule has 0 aliphatic heterocycles. The molecular formula is C22H14ClF3INO3. The summed E-state index contributed by atoms with van der Waals surface area (Å²) in [6.07, 6.45) is -6.21. The van der Waals surface area contributed by atoms with Crippen LogP contribution in [0.25, 0.3) is 0 Å². The van der Waals surface area contributed by atoms with Gasteiger partial charge in [-0.05, 0) is 52.9 Å². The molecule has 3 aromatic carbocycles. The number of benzene rings is 3. The number of anilines is 1. The first kappa shape index (κ1) is 23.1. The summed E-state index contributed by atoms with van der Waals surface area (Å²) in [5, 5.41) is 2.09. The highest BCUT2D eigenvalue weighted by molar-refractivity contribution is 14.1.